The largest absolute Gasteiger partial charge is 0.488 e. The highest BCUT2D eigenvalue weighted by molar-refractivity contribution is 6.58. The van der Waals surface area contributed by atoms with Crippen LogP contribution >= 0.6 is 0 Å². The lowest BCUT2D eigenvalue weighted by molar-refractivity contribution is -0.123. The van der Waals surface area contributed by atoms with Crippen LogP contribution in [-0.4, -0.2) is 57.0 Å². The van der Waals surface area contributed by atoms with E-state index in [-0.39, 0.29) is 17.8 Å². The highest BCUT2D eigenvalue weighted by atomic mass is 16.4. The topological polar surface area (TPSA) is 152 Å². The van der Waals surface area contributed by atoms with Crippen molar-refractivity contribution in [2.75, 3.05) is 11.5 Å². The molecule has 1 aliphatic heterocycles. The Bertz CT molecular complexity index is 1230. The summed E-state index contributed by atoms with van der Waals surface area (Å²) in [6.45, 7) is 3.15. The molecular formula is C27H32BNO8. The molecule has 0 saturated carbocycles. The Hall–Kier alpha value is -3.02. The van der Waals surface area contributed by atoms with E-state index in [2.05, 4.69) is 0 Å². The minimum absolute atomic E-state index is 0.155. The summed E-state index contributed by atoms with van der Waals surface area (Å²) in [6.07, 6.45) is 2.12. The van der Waals surface area contributed by atoms with Crippen LogP contribution in [0.25, 0.3) is 6.08 Å². The Morgan fingerprint density at radius 1 is 1.19 bits per heavy atom. The number of carbonyl (C=O) groups is 2. The summed E-state index contributed by atoms with van der Waals surface area (Å²) >= 11 is 0. The molecule has 4 rings (SSSR count). The van der Waals surface area contributed by atoms with Crippen LogP contribution < -0.4 is 10.4 Å². The summed E-state index contributed by atoms with van der Waals surface area (Å²) < 4.78 is 5.48. The van der Waals surface area contributed by atoms with Crippen molar-refractivity contribution >= 4 is 36.2 Å². The Kier molecular flexibility index (Phi) is 8.15. The van der Waals surface area contributed by atoms with Crippen molar-refractivity contribution in [1.29, 1.82) is 0 Å². The summed E-state index contributed by atoms with van der Waals surface area (Å²) in [5.74, 6) is -1.98. The number of anilines is 1. The number of carbonyl (C=O) groups excluding carboxylic acids is 2. The molecule has 1 aromatic heterocycles. The van der Waals surface area contributed by atoms with Gasteiger partial charge in [-0.05, 0) is 74.5 Å². The van der Waals surface area contributed by atoms with Gasteiger partial charge >= 0.3 is 7.12 Å². The number of aliphatic hydroxyl groups excluding tert-OH is 3. The first-order valence-corrected chi connectivity index (χ1v) is 12.3. The number of aliphatic hydroxyl groups is 3. The van der Waals surface area contributed by atoms with E-state index in [1.807, 2.05) is 19.9 Å². The second-order valence-corrected chi connectivity index (χ2v) is 9.85. The van der Waals surface area contributed by atoms with E-state index in [0.29, 0.717) is 36.4 Å². The first-order chi connectivity index (χ1) is 17.7. The molecule has 196 valence electrons. The number of amides is 2. The fourth-order valence-electron chi connectivity index (χ4n) is 5.59. The van der Waals surface area contributed by atoms with Gasteiger partial charge in [-0.25, -0.2) is 0 Å². The molecule has 9 nitrogen and oxygen atoms in total. The third-order valence-electron chi connectivity index (χ3n) is 7.35. The molecule has 0 unspecified atom stereocenters. The van der Waals surface area contributed by atoms with Crippen LogP contribution in [-0.2, 0) is 16.2 Å². The van der Waals surface area contributed by atoms with Crippen molar-refractivity contribution in [1.82, 2.24) is 0 Å². The predicted molar refractivity (Wildman–Crippen MR) is 137 cm³/mol. The van der Waals surface area contributed by atoms with Gasteiger partial charge in [-0.1, -0.05) is 23.3 Å². The van der Waals surface area contributed by atoms with Crippen molar-refractivity contribution < 1.29 is 39.4 Å². The van der Waals surface area contributed by atoms with Gasteiger partial charge in [0.25, 0.3) is 0 Å². The standard InChI is InChI=1S/C27H32BNO8/c1-15(10-19-7-8-20(13-30)37-19)6-9-23(32)24-16(2)11-21-25(22(24)14-31)27(34)29(26(21)33)18-5-3-4-17(12-18)28(35)36/h3-5,7-8,10,12,21-23,25,30-32,35-36H,6,9,11,13-14H2,1-2H3/b15-10+/t21-,22+,23-,25-/m1/s1. The van der Waals surface area contributed by atoms with Gasteiger partial charge in [-0.15, -0.1) is 0 Å². The lowest BCUT2D eigenvalue weighted by atomic mass is 9.68. The van der Waals surface area contributed by atoms with Gasteiger partial charge in [0.05, 0.1) is 30.2 Å². The summed E-state index contributed by atoms with van der Waals surface area (Å²) in [5.41, 5.74) is 2.74. The van der Waals surface area contributed by atoms with Crippen LogP contribution in [0.15, 0.2) is 57.5 Å². The number of benzene rings is 1. The number of allylic oxidation sites excluding steroid dienone is 2. The van der Waals surface area contributed by atoms with Crippen molar-refractivity contribution in [3.8, 4) is 0 Å². The normalized spacial score (nSPS) is 23.1. The molecular weight excluding hydrogens is 477 g/mol. The lowest BCUT2D eigenvalue weighted by Gasteiger charge is -2.35. The fraction of sp³-hybridized carbons (Fsp3) is 0.407. The Balaban J connectivity index is 1.53. The summed E-state index contributed by atoms with van der Waals surface area (Å²) in [7, 11) is -1.74. The number of rotatable bonds is 9. The molecule has 10 heteroatoms. The molecule has 1 aliphatic carbocycles. The monoisotopic (exact) mass is 509 g/mol. The molecule has 1 saturated heterocycles. The molecule has 1 aromatic carbocycles. The Morgan fingerprint density at radius 3 is 2.59 bits per heavy atom. The van der Waals surface area contributed by atoms with Gasteiger partial charge in [0.1, 0.15) is 18.1 Å². The van der Waals surface area contributed by atoms with Gasteiger partial charge in [0.2, 0.25) is 11.8 Å². The highest BCUT2D eigenvalue weighted by Crippen LogP contribution is 2.47. The van der Waals surface area contributed by atoms with Crippen LogP contribution in [0.1, 0.15) is 44.6 Å². The van der Waals surface area contributed by atoms with Crippen LogP contribution in [0.2, 0.25) is 0 Å². The smallest absolute Gasteiger partial charge is 0.459 e. The van der Waals surface area contributed by atoms with Gasteiger partial charge in [-0.2, -0.15) is 0 Å². The zero-order valence-corrected chi connectivity index (χ0v) is 20.9. The van der Waals surface area contributed by atoms with Gasteiger partial charge in [0.15, 0.2) is 0 Å². The number of hydrogen-bond donors (Lipinski definition) is 5. The maximum Gasteiger partial charge on any atom is 0.488 e. The highest BCUT2D eigenvalue weighted by Gasteiger charge is 2.54. The third kappa shape index (κ3) is 5.34. The number of furan rings is 1. The van der Waals surface area contributed by atoms with E-state index >= 15 is 0 Å². The molecule has 2 heterocycles. The van der Waals surface area contributed by atoms with E-state index in [4.69, 9.17) is 9.52 Å². The number of fused-ring (bicyclic) bond motifs is 1. The SMILES string of the molecule is CC1=C([C@H](O)CC/C(C)=C/c2ccc(CO)o2)[C@H](CO)[C@@H]2C(=O)N(c3cccc(B(O)O)c3)C(=O)[C@@H]2C1. The average Bonchev–Trinajstić information content (AvgIpc) is 3.43. The molecule has 0 spiro atoms. The van der Waals surface area contributed by atoms with E-state index in [9.17, 15) is 29.9 Å². The second kappa shape index (κ2) is 11.2. The van der Waals surface area contributed by atoms with Gasteiger partial charge < -0.3 is 29.8 Å². The fourth-order valence-corrected chi connectivity index (χ4v) is 5.59. The van der Waals surface area contributed by atoms with Crippen molar-refractivity contribution in [2.45, 2.75) is 45.8 Å². The molecule has 1 fully saturated rings. The molecule has 2 aliphatic rings. The van der Waals surface area contributed by atoms with Gasteiger partial charge in [-0.3, -0.25) is 14.5 Å². The first kappa shape index (κ1) is 27.0. The molecule has 2 amide bonds. The number of imide groups is 1. The zero-order chi connectivity index (χ0) is 26.9. The average molecular weight is 509 g/mol. The Labute approximate surface area is 215 Å². The van der Waals surface area contributed by atoms with E-state index < -0.39 is 49.4 Å². The first-order valence-electron chi connectivity index (χ1n) is 12.3. The minimum Gasteiger partial charge on any atom is -0.459 e. The van der Waals surface area contributed by atoms with Crippen LogP contribution in [0.5, 0.6) is 0 Å². The van der Waals surface area contributed by atoms with Crippen LogP contribution in [0, 0.1) is 17.8 Å². The number of nitrogens with zero attached hydrogens (tertiary/aromatic N) is 1. The quantitative estimate of drug-likeness (QED) is 0.192. The summed E-state index contributed by atoms with van der Waals surface area (Å²) in [5, 5.41) is 49.6. The second-order valence-electron chi connectivity index (χ2n) is 9.85. The van der Waals surface area contributed by atoms with E-state index in [1.54, 1.807) is 18.2 Å². The third-order valence-corrected chi connectivity index (χ3v) is 7.35. The summed E-state index contributed by atoms with van der Waals surface area (Å²) in [4.78, 5) is 27.9. The van der Waals surface area contributed by atoms with E-state index in [1.165, 1.54) is 18.2 Å². The predicted octanol–water partition coefficient (Wildman–Crippen LogP) is 1.13. The maximum atomic E-state index is 13.5. The molecule has 0 bridgehead atoms. The Morgan fingerprint density at radius 2 is 1.95 bits per heavy atom. The lowest BCUT2D eigenvalue weighted by Crippen LogP contribution is -2.39. The molecule has 0 radical (unpaired) electrons. The van der Waals surface area contributed by atoms with Gasteiger partial charge in [0, 0.05) is 5.92 Å². The minimum atomic E-state index is -1.74. The van der Waals surface area contributed by atoms with E-state index in [0.717, 1.165) is 16.0 Å². The summed E-state index contributed by atoms with van der Waals surface area (Å²) in [6, 6.07) is 9.42. The van der Waals surface area contributed by atoms with Crippen LogP contribution in [0.4, 0.5) is 5.69 Å². The molecule has 2 aromatic rings. The molecule has 5 N–H and O–H groups in total. The van der Waals surface area contributed by atoms with Crippen molar-refractivity contribution in [2.24, 2.45) is 17.8 Å². The van der Waals surface area contributed by atoms with Crippen molar-refractivity contribution in [3.63, 3.8) is 0 Å². The maximum absolute atomic E-state index is 13.5. The van der Waals surface area contributed by atoms with Crippen molar-refractivity contribution in [3.05, 3.63) is 64.6 Å². The molecule has 37 heavy (non-hydrogen) atoms. The molecule has 4 atom stereocenters. The van der Waals surface area contributed by atoms with Crippen LogP contribution in [0.3, 0.4) is 0 Å². The zero-order valence-electron chi connectivity index (χ0n) is 20.9. The number of hydrogen-bond acceptors (Lipinski definition) is 8.